The number of halogens is 4. The molecule has 0 unspecified atom stereocenters. The summed E-state index contributed by atoms with van der Waals surface area (Å²) in [6, 6.07) is 31.8. The third kappa shape index (κ3) is 13.2. The molecule has 22 heteroatoms. The molecule has 4 aromatic carbocycles. The van der Waals surface area contributed by atoms with Gasteiger partial charge < -0.3 is 44.1 Å². The smallest absolute Gasteiger partial charge is 0.870 e. The van der Waals surface area contributed by atoms with Gasteiger partial charge in [0.2, 0.25) is 11.8 Å². The Balaban J connectivity index is 0.000000196. The average molecular weight is 1210 g/mol. The van der Waals surface area contributed by atoms with Crippen LogP contribution in [-0.4, -0.2) is 118 Å². The van der Waals surface area contributed by atoms with Gasteiger partial charge in [-0.15, -0.1) is 0 Å². The number of carboxylic acids is 1. The number of ether oxygens (including phenoxy) is 4. The molecule has 86 heavy (non-hydrogen) atoms. The van der Waals surface area contributed by atoms with Gasteiger partial charge in [0, 0.05) is 76.0 Å². The van der Waals surface area contributed by atoms with Crippen LogP contribution < -0.4 is 28.3 Å². The van der Waals surface area contributed by atoms with Gasteiger partial charge in [-0.1, -0.05) is 54.9 Å². The van der Waals surface area contributed by atoms with Gasteiger partial charge in [-0.25, -0.2) is 33.5 Å². The number of fused-ring (bicyclic) bond motifs is 4. The average Bonchev–Trinajstić information content (AvgIpc) is 1.98. The van der Waals surface area contributed by atoms with Crippen LogP contribution in [0.25, 0.3) is 22.1 Å². The maximum absolute atomic E-state index is 14.2. The summed E-state index contributed by atoms with van der Waals surface area (Å²) in [6.07, 6.45) is 6.53. The number of piperidine rings is 2. The molecule has 0 spiro atoms. The first kappa shape index (κ1) is 64.1. The summed E-state index contributed by atoms with van der Waals surface area (Å²) in [6.45, 7) is 10.0. The number of carboxylic acid groups (broad SMARTS) is 1. The molecule has 4 aliphatic heterocycles. The van der Waals surface area contributed by atoms with E-state index in [1.54, 1.807) is 49.4 Å². The van der Waals surface area contributed by atoms with Gasteiger partial charge in [-0.2, -0.15) is 0 Å². The second-order valence-corrected chi connectivity index (χ2v) is 23.8. The monoisotopic (exact) mass is 1210 g/mol. The molecule has 6 fully saturated rings. The molecule has 6 atom stereocenters. The van der Waals surface area contributed by atoms with E-state index in [9.17, 15) is 23.5 Å². The molecule has 8 heterocycles. The number of aromatic carboxylic acids is 1. The first-order valence-electron chi connectivity index (χ1n) is 28.2. The number of Topliss-reactive ketones (excluding diaryl/α,β-unsaturated/α-hetero) is 1. The normalized spacial score (nSPS) is 22.6. The topological polar surface area (TPSA) is 221 Å². The van der Waals surface area contributed by atoms with E-state index < -0.39 is 11.8 Å². The number of hydrogen-bond donors (Lipinski definition) is 1. The minimum atomic E-state index is -0.942. The summed E-state index contributed by atoms with van der Waals surface area (Å²) in [7, 11) is 0. The number of pyridine rings is 2. The predicted octanol–water partition coefficient (Wildman–Crippen LogP) is 8.05. The number of aromatic nitrogens is 6. The van der Waals surface area contributed by atoms with E-state index in [-0.39, 0.29) is 90.7 Å². The van der Waals surface area contributed by atoms with Gasteiger partial charge in [0.25, 0.3) is 0 Å². The van der Waals surface area contributed by atoms with Crippen molar-refractivity contribution in [3.05, 3.63) is 176 Å². The predicted molar refractivity (Wildman–Crippen MR) is 317 cm³/mol. The van der Waals surface area contributed by atoms with Crippen LogP contribution in [0.15, 0.2) is 109 Å². The van der Waals surface area contributed by atoms with Crippen molar-refractivity contribution in [3.8, 4) is 11.8 Å². The first-order valence-corrected chi connectivity index (χ1v) is 29.0. The maximum atomic E-state index is 14.2. The second-order valence-electron chi connectivity index (χ2n) is 23.0. The third-order valence-electron chi connectivity index (χ3n) is 17.8. The van der Waals surface area contributed by atoms with Crippen LogP contribution in [0.4, 0.5) is 8.78 Å². The van der Waals surface area contributed by atoms with Crippen LogP contribution in [0.3, 0.4) is 0 Å². The minimum Gasteiger partial charge on any atom is -0.870 e. The Morgan fingerprint density at radius 3 is 1.49 bits per heavy atom. The fourth-order valence-electron chi connectivity index (χ4n) is 12.7. The Morgan fingerprint density at radius 1 is 0.651 bits per heavy atom. The quantitative estimate of drug-likeness (QED) is 0.0635. The number of benzene rings is 4. The van der Waals surface area contributed by atoms with Crippen molar-refractivity contribution in [2.75, 3.05) is 39.4 Å². The van der Waals surface area contributed by atoms with Gasteiger partial charge in [-0.05, 0) is 143 Å². The molecule has 0 amide bonds. The molecule has 4 N–H and O–H groups in total. The summed E-state index contributed by atoms with van der Waals surface area (Å²) in [5.74, 6) is 2.31. The number of nitrogens with zero attached hydrogens (tertiary/aromatic N) is 8. The molecule has 6 aliphatic rings. The van der Waals surface area contributed by atoms with Crippen molar-refractivity contribution in [2.24, 2.45) is 11.8 Å². The van der Waals surface area contributed by atoms with Crippen LogP contribution in [-0.2, 0) is 59.7 Å². The number of likely N-dealkylation sites (tertiary alicyclic amines) is 2. The van der Waals surface area contributed by atoms with Crippen molar-refractivity contribution >= 4 is 57.0 Å². The fraction of sp³-hybridized carbons (Fsp3) is 0.406. The molecular weight excluding hydrogens is 1140 g/mol. The fourth-order valence-corrected chi connectivity index (χ4v) is 13.0. The number of imidazole rings is 2. The van der Waals surface area contributed by atoms with Gasteiger partial charge >= 0.3 is 24.8 Å². The molecule has 4 aromatic heterocycles. The van der Waals surface area contributed by atoms with E-state index in [4.69, 9.17) is 62.1 Å². The van der Waals surface area contributed by atoms with Gasteiger partial charge in [0.05, 0.1) is 77.4 Å². The van der Waals surface area contributed by atoms with Crippen LogP contribution in [0.2, 0.25) is 10.0 Å². The zero-order valence-corrected chi connectivity index (χ0v) is 48.9. The molecule has 4 saturated heterocycles. The standard InChI is InChI=1S/C32H32ClFN4O3.C31H30ClFN4O4.CH4.Li.2H2O/c1-20(39)21-6-8-27-28(13-21)38(17-25-9-12-40-25)30(35-27)18-37-11-10-32(15-23(32)16-37)29-3-2-4-31(36-29)41-19-22-5-7-24(33)14-26(22)34;32-22-6-4-20(24(33)13-22)18-41-29-3-1-2-27(35-29)31-9-10-36(15-21(31)14-31)17-28-34-25-7-5-19(30(38)39)12-26(25)37(28)16-23-8-11-40-23;;;;/h2-8,13-14,23,25H,9-12,15-19H2,1H3;1-7,12-13,21,23H,8-11,14-18H2,(H,38,39);1H4;;2*1H2/q;;;+1;;/p-1/t23-,25+,32+;21-,23+,31+;;;;/m11..../s1. The van der Waals surface area contributed by atoms with E-state index in [1.807, 2.05) is 42.5 Å². The molecule has 2 saturated carbocycles. The maximum Gasteiger partial charge on any atom is 1.00 e. The number of ketones is 1. The molecule has 0 bridgehead atoms. The van der Waals surface area contributed by atoms with E-state index >= 15 is 0 Å². The Hall–Kier alpha value is -6.34. The zero-order valence-electron chi connectivity index (χ0n) is 47.4. The molecule has 17 nitrogen and oxygen atoms in total. The Labute approximate surface area is 519 Å². The number of carbonyl (C=O) groups is 2. The first-order chi connectivity index (χ1) is 39.7. The largest absolute Gasteiger partial charge is 1.00 e. The van der Waals surface area contributed by atoms with Gasteiger partial charge in [0.15, 0.2) is 5.78 Å². The molecule has 448 valence electrons. The zero-order chi connectivity index (χ0) is 56.3. The van der Waals surface area contributed by atoms with Crippen LogP contribution in [0.5, 0.6) is 11.8 Å². The number of carbonyl (C=O) groups excluding carboxylic acids is 1. The molecule has 2 aliphatic carbocycles. The van der Waals surface area contributed by atoms with E-state index in [1.165, 1.54) is 12.1 Å². The Kier molecular flexibility index (Phi) is 19.8. The van der Waals surface area contributed by atoms with Crippen LogP contribution in [0.1, 0.15) is 108 Å². The van der Waals surface area contributed by atoms with E-state index in [0.717, 1.165) is 136 Å². The Morgan fingerprint density at radius 2 is 1.09 bits per heavy atom. The molecule has 0 radical (unpaired) electrons. The molecule has 14 rings (SSSR count). The van der Waals surface area contributed by atoms with Crippen molar-refractivity contribution in [3.63, 3.8) is 0 Å². The van der Waals surface area contributed by atoms with Gasteiger partial charge in [-0.3, -0.25) is 14.6 Å². The van der Waals surface area contributed by atoms with Crippen molar-refractivity contribution < 1.29 is 72.2 Å². The molecular formula is C64H69Cl2F2LiN8O9. The van der Waals surface area contributed by atoms with E-state index in [0.29, 0.717) is 63.4 Å². The van der Waals surface area contributed by atoms with Gasteiger partial charge in [0.1, 0.15) is 36.5 Å². The van der Waals surface area contributed by atoms with Crippen molar-refractivity contribution in [2.45, 2.75) is 115 Å². The number of hydrogen-bond acceptors (Lipinski definition) is 13. The summed E-state index contributed by atoms with van der Waals surface area (Å²) in [5.41, 5.74) is 7.62. The van der Waals surface area contributed by atoms with Crippen LogP contribution >= 0.6 is 23.2 Å². The summed E-state index contributed by atoms with van der Waals surface area (Å²) >= 11 is 11.7. The van der Waals surface area contributed by atoms with Crippen LogP contribution in [0, 0.1) is 23.5 Å². The second kappa shape index (κ2) is 26.6. The SMILES string of the molecule is C.CC(=O)c1ccc2nc(CN3CC[C@]4(c5cccc(OCc6ccc(Cl)cc6F)n5)C[C@@H]4C3)n(C[C@@H]3CCO3)c2c1.O.O=C(O)c1ccc2nc(CN3CC[C@]4(c5cccc(OCc6ccc(Cl)cc6F)n5)C[C@@H]4C3)n(C[C@@H]3CCO3)c2c1.[Li+].[OH-]. The number of rotatable bonds is 18. The summed E-state index contributed by atoms with van der Waals surface area (Å²) in [4.78, 5) is 48.2. The van der Waals surface area contributed by atoms with E-state index in [2.05, 4.69) is 31.1 Å². The third-order valence-corrected chi connectivity index (χ3v) is 18.3. The minimum absolute atomic E-state index is 0. The summed E-state index contributed by atoms with van der Waals surface area (Å²) in [5, 5.41) is 10.2. The molecule has 8 aromatic rings. The summed E-state index contributed by atoms with van der Waals surface area (Å²) < 4.78 is 56.0. The Bertz CT molecular complexity index is 3530. The van der Waals surface area contributed by atoms with Crippen molar-refractivity contribution in [1.29, 1.82) is 0 Å². The van der Waals surface area contributed by atoms with Crippen molar-refractivity contribution in [1.82, 2.24) is 38.9 Å².